The van der Waals surface area contributed by atoms with Crippen LogP contribution in [-0.2, 0) is 25.0 Å². The molecule has 2 aromatic rings. The Morgan fingerprint density at radius 1 is 1.11 bits per heavy atom. The molecule has 0 atom stereocenters. The molecule has 1 aliphatic heterocycles. The van der Waals surface area contributed by atoms with Crippen LogP contribution in [0.3, 0.4) is 0 Å². The van der Waals surface area contributed by atoms with Crippen LogP contribution < -0.4 is 19.7 Å². The van der Waals surface area contributed by atoms with Crippen molar-refractivity contribution in [2.75, 3.05) is 30.9 Å². The number of amides is 2. The number of carbonyl (C=O) groups excluding carboxylic acids is 2. The maximum Gasteiger partial charge on any atom is 0.240 e. The van der Waals surface area contributed by atoms with Crippen LogP contribution in [0.25, 0.3) is 0 Å². The van der Waals surface area contributed by atoms with Crippen molar-refractivity contribution in [3.8, 4) is 5.75 Å². The van der Waals surface area contributed by atoms with Crippen molar-refractivity contribution in [2.24, 2.45) is 11.8 Å². The number of rotatable bonds is 7. The number of nitrogens with one attached hydrogen (secondary N) is 2. The highest BCUT2D eigenvalue weighted by Crippen LogP contribution is 2.41. The molecule has 2 aromatic carbocycles. The average molecular weight is 500 g/mol. The van der Waals surface area contributed by atoms with Gasteiger partial charge in [0, 0.05) is 37.0 Å². The summed E-state index contributed by atoms with van der Waals surface area (Å²) in [4.78, 5) is 26.9. The fourth-order valence-corrected chi connectivity index (χ4v) is 6.15. The van der Waals surface area contributed by atoms with Gasteiger partial charge in [-0.2, -0.15) is 0 Å². The average Bonchev–Trinajstić information content (AvgIpc) is 3.03. The van der Waals surface area contributed by atoms with Crippen molar-refractivity contribution in [1.82, 2.24) is 4.72 Å². The third kappa shape index (κ3) is 5.06. The zero-order valence-corrected chi connectivity index (χ0v) is 21.4. The number of hydrogen-bond acceptors (Lipinski definition) is 5. The number of likely N-dealkylation sites (N-methyl/N-ethyl adjacent to an activating group) is 1. The van der Waals surface area contributed by atoms with Crippen molar-refractivity contribution in [2.45, 2.75) is 49.8 Å². The topological polar surface area (TPSA) is 105 Å². The summed E-state index contributed by atoms with van der Waals surface area (Å²) < 4.78 is 33.9. The number of nitrogens with zero attached hydrogens (tertiary/aromatic N) is 1. The number of fused-ring (bicyclic) bond motifs is 1. The van der Waals surface area contributed by atoms with Gasteiger partial charge in [0.1, 0.15) is 5.75 Å². The molecule has 2 amide bonds. The predicted molar refractivity (Wildman–Crippen MR) is 135 cm³/mol. The van der Waals surface area contributed by atoms with Gasteiger partial charge in [0.15, 0.2) is 0 Å². The second-order valence-corrected chi connectivity index (χ2v) is 11.7. The number of benzene rings is 2. The summed E-state index contributed by atoms with van der Waals surface area (Å²) in [6.07, 6.45) is 2.97. The highest BCUT2D eigenvalue weighted by Gasteiger charge is 2.42. The van der Waals surface area contributed by atoms with E-state index in [-0.39, 0.29) is 28.5 Å². The standard InChI is InChI=1S/C26H33N3O5S/c1-26(2)22-15-21(12-13-23(22)29(3)25(26)31)35(32,33)27-16-17-8-10-18(11-9-17)24(30)28-19-6-5-7-20(14-19)34-4/h5-7,12-15,17-18,27H,8-11,16H2,1-4H3,(H,28,30). The number of methoxy groups -OCH3 is 1. The summed E-state index contributed by atoms with van der Waals surface area (Å²) in [5, 5.41) is 2.95. The van der Waals surface area contributed by atoms with Gasteiger partial charge in [-0.25, -0.2) is 13.1 Å². The van der Waals surface area contributed by atoms with Gasteiger partial charge in [0.25, 0.3) is 0 Å². The minimum Gasteiger partial charge on any atom is -0.497 e. The van der Waals surface area contributed by atoms with Crippen molar-refractivity contribution in [3.63, 3.8) is 0 Å². The lowest BCUT2D eigenvalue weighted by molar-refractivity contribution is -0.122. The number of sulfonamides is 1. The fraction of sp³-hybridized carbons (Fsp3) is 0.462. The molecule has 2 aliphatic rings. The summed E-state index contributed by atoms with van der Waals surface area (Å²) in [5.41, 5.74) is 1.40. The quantitative estimate of drug-likeness (QED) is 0.605. The first kappa shape index (κ1) is 25.2. The van der Waals surface area contributed by atoms with Crippen LogP contribution >= 0.6 is 0 Å². The second kappa shape index (κ2) is 9.62. The summed E-state index contributed by atoms with van der Waals surface area (Å²) in [7, 11) is -0.426. The Bertz CT molecular complexity index is 1230. The molecule has 0 aromatic heterocycles. The van der Waals surface area contributed by atoms with Gasteiger partial charge in [-0.1, -0.05) is 6.07 Å². The minimum absolute atomic E-state index is 0.0162. The van der Waals surface area contributed by atoms with Crippen LogP contribution in [0, 0.1) is 11.8 Å². The first-order chi connectivity index (χ1) is 16.5. The molecular weight excluding hydrogens is 466 g/mol. The van der Waals surface area contributed by atoms with Crippen LogP contribution in [0.4, 0.5) is 11.4 Å². The maximum absolute atomic E-state index is 13.0. The Morgan fingerprint density at radius 2 is 1.83 bits per heavy atom. The molecule has 0 bridgehead atoms. The molecule has 1 fully saturated rings. The lowest BCUT2D eigenvalue weighted by Crippen LogP contribution is -2.34. The van der Waals surface area contributed by atoms with E-state index < -0.39 is 15.4 Å². The highest BCUT2D eigenvalue weighted by molar-refractivity contribution is 7.89. The molecule has 35 heavy (non-hydrogen) atoms. The molecule has 1 aliphatic carbocycles. The van der Waals surface area contributed by atoms with Gasteiger partial charge in [0.05, 0.1) is 17.4 Å². The van der Waals surface area contributed by atoms with Crippen LogP contribution in [0.5, 0.6) is 5.75 Å². The molecule has 1 saturated carbocycles. The Labute approximate surface area is 207 Å². The van der Waals surface area contributed by atoms with E-state index in [1.807, 2.05) is 32.0 Å². The predicted octanol–water partition coefficient (Wildman–Crippen LogP) is 3.67. The van der Waals surface area contributed by atoms with E-state index >= 15 is 0 Å². The van der Waals surface area contributed by atoms with Crippen LogP contribution in [0.1, 0.15) is 45.1 Å². The lowest BCUT2D eigenvalue weighted by atomic mass is 9.81. The summed E-state index contributed by atoms with van der Waals surface area (Å²) in [6.45, 7) is 3.95. The number of ether oxygens (including phenoxy) is 1. The first-order valence-corrected chi connectivity index (χ1v) is 13.4. The van der Waals surface area contributed by atoms with Crippen molar-refractivity contribution in [1.29, 1.82) is 0 Å². The van der Waals surface area contributed by atoms with Gasteiger partial charge < -0.3 is 15.0 Å². The molecule has 9 heteroatoms. The molecule has 0 saturated heterocycles. The minimum atomic E-state index is -3.71. The largest absolute Gasteiger partial charge is 0.497 e. The van der Waals surface area contributed by atoms with Gasteiger partial charge in [0.2, 0.25) is 21.8 Å². The second-order valence-electron chi connectivity index (χ2n) is 9.96. The van der Waals surface area contributed by atoms with E-state index in [1.165, 1.54) is 0 Å². The zero-order valence-electron chi connectivity index (χ0n) is 20.6. The first-order valence-electron chi connectivity index (χ1n) is 11.9. The van der Waals surface area contributed by atoms with E-state index in [9.17, 15) is 18.0 Å². The number of anilines is 2. The fourth-order valence-electron chi connectivity index (χ4n) is 5.00. The van der Waals surface area contributed by atoms with Gasteiger partial charge >= 0.3 is 0 Å². The molecule has 1 heterocycles. The molecule has 2 N–H and O–H groups in total. The van der Waals surface area contributed by atoms with E-state index in [4.69, 9.17) is 4.74 Å². The molecule has 0 spiro atoms. The van der Waals surface area contributed by atoms with Crippen molar-refractivity contribution in [3.05, 3.63) is 48.0 Å². The van der Waals surface area contributed by atoms with Gasteiger partial charge in [-0.15, -0.1) is 0 Å². The highest BCUT2D eigenvalue weighted by atomic mass is 32.2. The molecule has 0 radical (unpaired) electrons. The summed E-state index contributed by atoms with van der Waals surface area (Å²) in [5.74, 6) is 0.691. The zero-order chi connectivity index (χ0) is 25.4. The SMILES string of the molecule is COc1cccc(NC(=O)C2CCC(CNS(=O)(=O)c3ccc4c(c3)C(C)(C)C(=O)N4C)CC2)c1. The van der Waals surface area contributed by atoms with Crippen LogP contribution in [-0.4, -0.2) is 40.9 Å². The monoisotopic (exact) mass is 499 g/mol. The molecule has 188 valence electrons. The van der Waals surface area contributed by atoms with E-state index in [2.05, 4.69) is 10.0 Å². The number of carbonyl (C=O) groups is 2. The summed E-state index contributed by atoms with van der Waals surface area (Å²) >= 11 is 0. The van der Waals surface area contributed by atoms with Gasteiger partial charge in [-0.05, 0) is 81.3 Å². The smallest absolute Gasteiger partial charge is 0.240 e. The van der Waals surface area contributed by atoms with Crippen molar-refractivity contribution < 1.29 is 22.7 Å². The Hall–Kier alpha value is -2.91. The van der Waals surface area contributed by atoms with Gasteiger partial charge in [-0.3, -0.25) is 9.59 Å². The van der Waals surface area contributed by atoms with E-state index in [0.717, 1.165) is 24.1 Å². The molecule has 4 rings (SSSR count). The number of hydrogen-bond donors (Lipinski definition) is 2. The van der Waals surface area contributed by atoms with Crippen LogP contribution in [0.15, 0.2) is 47.4 Å². The third-order valence-electron chi connectivity index (χ3n) is 7.27. The van der Waals surface area contributed by atoms with E-state index in [1.54, 1.807) is 43.3 Å². The van der Waals surface area contributed by atoms with Crippen LogP contribution in [0.2, 0.25) is 0 Å². The Morgan fingerprint density at radius 3 is 2.51 bits per heavy atom. The Kier molecular flexibility index (Phi) is 6.92. The van der Waals surface area contributed by atoms with Crippen molar-refractivity contribution >= 4 is 33.2 Å². The lowest BCUT2D eigenvalue weighted by Gasteiger charge is -2.28. The molecular formula is C26H33N3O5S. The maximum atomic E-state index is 13.0. The Balaban J connectivity index is 1.32. The normalized spacial score (nSPS) is 21.5. The summed E-state index contributed by atoms with van der Waals surface area (Å²) in [6, 6.07) is 12.1. The molecule has 0 unspecified atom stereocenters. The third-order valence-corrected chi connectivity index (χ3v) is 8.69. The van der Waals surface area contributed by atoms with E-state index in [0.29, 0.717) is 30.8 Å². The molecule has 8 nitrogen and oxygen atoms in total.